The van der Waals surface area contributed by atoms with Crippen LogP contribution in [0.2, 0.25) is 0 Å². The van der Waals surface area contributed by atoms with Gasteiger partial charge in [0.05, 0.1) is 27.1 Å². The summed E-state index contributed by atoms with van der Waals surface area (Å²) < 4.78 is 11.8. The first-order valence-electron chi connectivity index (χ1n) is 11.1. The molecular weight excluding hydrogens is 625 g/mol. The monoisotopic (exact) mass is 645 g/mol. The number of benzene rings is 3. The van der Waals surface area contributed by atoms with Crippen LogP contribution in [0.3, 0.4) is 0 Å². The van der Waals surface area contributed by atoms with Crippen LogP contribution in [0, 0.1) is 13.7 Å². The predicted octanol–water partition coefficient (Wildman–Crippen LogP) is 5.46. The second-order valence-electron chi connectivity index (χ2n) is 7.93. The zero-order chi connectivity index (χ0) is 27.2. The summed E-state index contributed by atoms with van der Waals surface area (Å²) in [5.74, 6) is -0.118. The van der Waals surface area contributed by atoms with E-state index in [2.05, 4.69) is 5.32 Å². The Morgan fingerprint density at radius 3 is 2.61 bits per heavy atom. The molecule has 0 spiro atoms. The minimum absolute atomic E-state index is 0.0810. The fourth-order valence-electron chi connectivity index (χ4n) is 3.56. The number of non-ortho nitro benzene ring substituents is 1. The molecule has 0 radical (unpaired) electrons. The van der Waals surface area contributed by atoms with Gasteiger partial charge in [0, 0.05) is 17.8 Å². The number of imide groups is 1. The van der Waals surface area contributed by atoms with Crippen molar-refractivity contribution >= 4 is 68.9 Å². The van der Waals surface area contributed by atoms with Gasteiger partial charge in [-0.3, -0.25) is 29.4 Å². The molecular formula is C26H20IN3O7S. The van der Waals surface area contributed by atoms with Crippen molar-refractivity contribution in [2.45, 2.75) is 6.54 Å². The standard InChI is InChI=1S/C26H20IN3O7S/c1-36-21-12-17(11-20(27)24(21)37-15-23(31)28-18-7-3-2-4-8-18)13-22-25(32)29(26(33)38-22)14-16-6-5-9-19(10-16)30(34)35/h2-13H,14-15H2,1H3,(H,28,31)/b22-13+. The fraction of sp³-hybridized carbons (Fsp3) is 0.115. The molecule has 3 aromatic carbocycles. The number of halogens is 1. The lowest BCUT2D eigenvalue weighted by Crippen LogP contribution is -2.27. The van der Waals surface area contributed by atoms with Crippen LogP contribution in [-0.4, -0.2) is 40.6 Å². The topological polar surface area (TPSA) is 128 Å². The highest BCUT2D eigenvalue weighted by Crippen LogP contribution is 2.38. The molecule has 1 saturated heterocycles. The Labute approximate surface area is 235 Å². The van der Waals surface area contributed by atoms with Crippen LogP contribution >= 0.6 is 34.4 Å². The SMILES string of the molecule is COc1cc(/C=C2/SC(=O)N(Cc3cccc([N+](=O)[O-])c3)C2=O)cc(I)c1OCC(=O)Nc1ccccc1. The third-order valence-electron chi connectivity index (χ3n) is 5.29. The zero-order valence-corrected chi connectivity index (χ0v) is 22.9. The summed E-state index contributed by atoms with van der Waals surface area (Å²) >= 11 is 2.82. The average molecular weight is 645 g/mol. The fourth-order valence-corrected chi connectivity index (χ4v) is 5.18. The highest BCUT2D eigenvalue weighted by atomic mass is 127. The van der Waals surface area contributed by atoms with Crippen molar-refractivity contribution in [2.75, 3.05) is 19.0 Å². The number of hydrogen-bond acceptors (Lipinski definition) is 8. The third-order valence-corrected chi connectivity index (χ3v) is 7.00. The minimum Gasteiger partial charge on any atom is -0.493 e. The molecule has 1 aliphatic heterocycles. The first kappa shape index (κ1) is 27.1. The van der Waals surface area contributed by atoms with Crippen molar-refractivity contribution in [2.24, 2.45) is 0 Å². The van der Waals surface area contributed by atoms with E-state index in [-0.39, 0.29) is 29.7 Å². The van der Waals surface area contributed by atoms with Gasteiger partial charge in [0.1, 0.15) is 0 Å². The van der Waals surface area contributed by atoms with Crippen LogP contribution in [0.4, 0.5) is 16.2 Å². The second-order valence-corrected chi connectivity index (χ2v) is 10.1. The van der Waals surface area contributed by atoms with E-state index < -0.39 is 16.1 Å². The van der Waals surface area contributed by atoms with Crippen LogP contribution < -0.4 is 14.8 Å². The van der Waals surface area contributed by atoms with Crippen LogP contribution in [0.1, 0.15) is 11.1 Å². The lowest BCUT2D eigenvalue weighted by atomic mass is 10.1. The summed E-state index contributed by atoms with van der Waals surface area (Å²) in [6, 6.07) is 18.2. The van der Waals surface area contributed by atoms with Crippen LogP contribution in [-0.2, 0) is 16.1 Å². The van der Waals surface area contributed by atoms with Crippen molar-refractivity contribution in [3.05, 3.63) is 96.4 Å². The van der Waals surface area contributed by atoms with E-state index in [4.69, 9.17) is 9.47 Å². The minimum atomic E-state index is -0.532. The molecule has 3 aromatic rings. The zero-order valence-electron chi connectivity index (χ0n) is 19.9. The quantitative estimate of drug-likeness (QED) is 0.141. The number of hydrogen-bond donors (Lipinski definition) is 1. The van der Waals surface area contributed by atoms with Gasteiger partial charge in [-0.05, 0) is 75.8 Å². The molecule has 194 valence electrons. The van der Waals surface area contributed by atoms with E-state index >= 15 is 0 Å². The highest BCUT2D eigenvalue weighted by Gasteiger charge is 2.35. The Kier molecular flexibility index (Phi) is 8.63. The average Bonchev–Trinajstić information content (AvgIpc) is 3.15. The molecule has 0 saturated carbocycles. The van der Waals surface area contributed by atoms with Gasteiger partial charge in [-0.1, -0.05) is 30.3 Å². The Morgan fingerprint density at radius 1 is 1.13 bits per heavy atom. The predicted molar refractivity (Wildman–Crippen MR) is 151 cm³/mol. The summed E-state index contributed by atoms with van der Waals surface area (Å²) in [6.45, 7) is -0.320. The molecule has 1 fully saturated rings. The first-order chi connectivity index (χ1) is 18.2. The van der Waals surface area contributed by atoms with E-state index in [0.717, 1.165) is 16.7 Å². The molecule has 0 aliphatic carbocycles. The Balaban J connectivity index is 1.47. The van der Waals surface area contributed by atoms with E-state index in [1.807, 2.05) is 40.8 Å². The number of methoxy groups -OCH3 is 1. The van der Waals surface area contributed by atoms with Crippen molar-refractivity contribution < 1.29 is 28.8 Å². The lowest BCUT2D eigenvalue weighted by Gasteiger charge is -2.14. The Hall–Kier alpha value is -3.91. The number of anilines is 1. The van der Waals surface area contributed by atoms with Gasteiger partial charge >= 0.3 is 0 Å². The number of para-hydroxylation sites is 1. The van der Waals surface area contributed by atoms with Crippen molar-refractivity contribution in [3.63, 3.8) is 0 Å². The molecule has 0 atom stereocenters. The summed E-state index contributed by atoms with van der Waals surface area (Å²) in [7, 11) is 1.46. The summed E-state index contributed by atoms with van der Waals surface area (Å²) in [6.07, 6.45) is 1.56. The van der Waals surface area contributed by atoms with Gasteiger partial charge in [0.25, 0.3) is 22.7 Å². The van der Waals surface area contributed by atoms with Gasteiger partial charge in [-0.2, -0.15) is 0 Å². The maximum Gasteiger partial charge on any atom is 0.293 e. The summed E-state index contributed by atoms with van der Waals surface area (Å²) in [5.41, 5.74) is 1.59. The molecule has 38 heavy (non-hydrogen) atoms. The highest BCUT2D eigenvalue weighted by molar-refractivity contribution is 14.1. The number of nitrogens with one attached hydrogen (secondary N) is 1. The summed E-state index contributed by atoms with van der Waals surface area (Å²) in [4.78, 5) is 49.5. The van der Waals surface area contributed by atoms with Crippen molar-refractivity contribution in [1.82, 2.24) is 4.90 Å². The van der Waals surface area contributed by atoms with E-state index in [9.17, 15) is 24.5 Å². The molecule has 0 bridgehead atoms. The second kappa shape index (κ2) is 12.1. The number of thioether (sulfide) groups is 1. The number of ether oxygens (including phenoxy) is 2. The van der Waals surface area contributed by atoms with Crippen LogP contribution in [0.25, 0.3) is 6.08 Å². The molecule has 12 heteroatoms. The number of carbonyl (C=O) groups excluding carboxylic acids is 3. The maximum atomic E-state index is 13.0. The number of nitro benzene ring substituents is 1. The molecule has 3 amide bonds. The molecule has 1 aliphatic rings. The van der Waals surface area contributed by atoms with Gasteiger partial charge < -0.3 is 14.8 Å². The number of nitro groups is 1. The van der Waals surface area contributed by atoms with Gasteiger partial charge in [-0.15, -0.1) is 0 Å². The molecule has 1 N–H and O–H groups in total. The van der Waals surface area contributed by atoms with Gasteiger partial charge in [-0.25, -0.2) is 0 Å². The number of carbonyl (C=O) groups is 3. The Morgan fingerprint density at radius 2 is 1.89 bits per heavy atom. The molecule has 0 aromatic heterocycles. The number of amides is 3. The van der Waals surface area contributed by atoms with Crippen molar-refractivity contribution in [3.8, 4) is 11.5 Å². The van der Waals surface area contributed by atoms with Gasteiger partial charge in [0.15, 0.2) is 18.1 Å². The van der Waals surface area contributed by atoms with Crippen LogP contribution in [0.5, 0.6) is 11.5 Å². The largest absolute Gasteiger partial charge is 0.493 e. The van der Waals surface area contributed by atoms with Crippen LogP contribution in [0.15, 0.2) is 71.6 Å². The number of nitrogens with zero attached hydrogens (tertiary/aromatic N) is 2. The smallest absolute Gasteiger partial charge is 0.293 e. The van der Waals surface area contributed by atoms with E-state index in [1.54, 1.807) is 36.4 Å². The Bertz CT molecular complexity index is 1450. The lowest BCUT2D eigenvalue weighted by molar-refractivity contribution is -0.384. The number of rotatable bonds is 9. The maximum absolute atomic E-state index is 13.0. The first-order valence-corrected chi connectivity index (χ1v) is 13.0. The molecule has 4 rings (SSSR count). The molecule has 1 heterocycles. The molecule has 0 unspecified atom stereocenters. The third kappa shape index (κ3) is 6.50. The summed E-state index contributed by atoms with van der Waals surface area (Å²) in [5, 5.41) is 13.3. The van der Waals surface area contributed by atoms with E-state index in [0.29, 0.717) is 31.9 Å². The van der Waals surface area contributed by atoms with Crippen molar-refractivity contribution in [1.29, 1.82) is 0 Å². The molecule has 10 nitrogen and oxygen atoms in total. The normalized spacial score (nSPS) is 14.1. The van der Waals surface area contributed by atoms with Gasteiger partial charge in [0.2, 0.25) is 0 Å². The van der Waals surface area contributed by atoms with E-state index in [1.165, 1.54) is 25.3 Å².